The predicted molar refractivity (Wildman–Crippen MR) is 105 cm³/mol. The zero-order valence-electron chi connectivity index (χ0n) is 13.0. The number of thiazole rings is 1. The van der Waals surface area contributed by atoms with E-state index in [0.717, 1.165) is 37.0 Å². The van der Waals surface area contributed by atoms with Crippen LogP contribution in [0.3, 0.4) is 0 Å². The molecule has 0 aliphatic rings. The lowest BCUT2D eigenvalue weighted by Crippen LogP contribution is -2.01. The first-order valence-electron chi connectivity index (χ1n) is 7.59. The molecular formula is C18H13ClN4S2. The number of nitrogens with one attached hydrogen (secondary N) is 1. The average Bonchev–Trinajstić information content (AvgIpc) is 3.30. The fourth-order valence-electron chi connectivity index (χ4n) is 2.29. The van der Waals surface area contributed by atoms with Crippen LogP contribution in [0.5, 0.6) is 0 Å². The van der Waals surface area contributed by atoms with Crippen molar-refractivity contribution in [1.82, 2.24) is 15.0 Å². The summed E-state index contributed by atoms with van der Waals surface area (Å²) in [5.74, 6) is 0.818. The van der Waals surface area contributed by atoms with E-state index in [-0.39, 0.29) is 0 Å². The molecule has 0 aliphatic carbocycles. The summed E-state index contributed by atoms with van der Waals surface area (Å²) < 4.78 is 0.782. The molecule has 0 saturated carbocycles. The first-order chi connectivity index (χ1) is 12.3. The van der Waals surface area contributed by atoms with Crippen molar-refractivity contribution < 1.29 is 0 Å². The van der Waals surface area contributed by atoms with Crippen LogP contribution in [-0.2, 0) is 6.54 Å². The largest absolute Gasteiger partial charge is 0.364 e. The zero-order valence-corrected chi connectivity index (χ0v) is 15.4. The molecule has 124 valence electrons. The topological polar surface area (TPSA) is 50.7 Å². The molecule has 7 heteroatoms. The van der Waals surface area contributed by atoms with Crippen molar-refractivity contribution in [3.05, 3.63) is 70.3 Å². The van der Waals surface area contributed by atoms with Crippen LogP contribution in [0.1, 0.15) is 5.69 Å². The number of thiophene rings is 1. The number of hydrogen-bond donors (Lipinski definition) is 1. The van der Waals surface area contributed by atoms with Gasteiger partial charge in [-0.3, -0.25) is 4.98 Å². The SMILES string of the molecule is Clc1ccc(-c2ccc(NCc3csc(-c4ccccn4)n3)nc2)s1. The van der Waals surface area contributed by atoms with E-state index < -0.39 is 0 Å². The van der Waals surface area contributed by atoms with Gasteiger partial charge >= 0.3 is 0 Å². The van der Waals surface area contributed by atoms with E-state index >= 15 is 0 Å². The molecule has 0 bridgehead atoms. The molecule has 0 radical (unpaired) electrons. The Bertz CT molecular complexity index is 964. The summed E-state index contributed by atoms with van der Waals surface area (Å²) in [5.41, 5.74) is 2.94. The number of anilines is 1. The molecule has 1 N–H and O–H groups in total. The van der Waals surface area contributed by atoms with Gasteiger partial charge in [-0.25, -0.2) is 9.97 Å². The van der Waals surface area contributed by atoms with Crippen LogP contribution in [0.25, 0.3) is 21.1 Å². The van der Waals surface area contributed by atoms with Gasteiger partial charge in [-0.15, -0.1) is 22.7 Å². The quantitative estimate of drug-likeness (QED) is 0.487. The lowest BCUT2D eigenvalue weighted by atomic mass is 10.2. The van der Waals surface area contributed by atoms with Crippen LogP contribution in [0.15, 0.2) is 60.2 Å². The highest BCUT2D eigenvalue weighted by atomic mass is 35.5. The molecule has 4 nitrogen and oxygen atoms in total. The Labute approximate surface area is 158 Å². The summed E-state index contributed by atoms with van der Waals surface area (Å²) in [6, 6.07) is 13.7. The summed E-state index contributed by atoms with van der Waals surface area (Å²) in [4.78, 5) is 14.5. The van der Waals surface area contributed by atoms with E-state index in [1.54, 1.807) is 28.9 Å². The summed E-state index contributed by atoms with van der Waals surface area (Å²) in [5, 5.41) is 6.27. The van der Waals surface area contributed by atoms with Gasteiger partial charge < -0.3 is 5.32 Å². The fraction of sp³-hybridized carbons (Fsp3) is 0.0556. The first-order valence-corrected chi connectivity index (χ1v) is 9.67. The normalized spacial score (nSPS) is 10.8. The van der Waals surface area contributed by atoms with E-state index in [1.807, 2.05) is 54.0 Å². The Hall–Kier alpha value is -2.28. The molecular weight excluding hydrogens is 372 g/mol. The Morgan fingerprint density at radius 1 is 1.04 bits per heavy atom. The molecule has 0 aromatic carbocycles. The summed E-state index contributed by atoms with van der Waals surface area (Å²) in [6.45, 7) is 0.626. The lowest BCUT2D eigenvalue weighted by Gasteiger charge is -2.04. The van der Waals surface area contributed by atoms with Gasteiger partial charge in [0.15, 0.2) is 0 Å². The third-order valence-corrected chi connectivity index (χ3v) is 5.70. The lowest BCUT2D eigenvalue weighted by molar-refractivity contribution is 1.05. The Morgan fingerprint density at radius 2 is 2.00 bits per heavy atom. The van der Waals surface area contributed by atoms with Crippen LogP contribution >= 0.6 is 34.3 Å². The van der Waals surface area contributed by atoms with Crippen molar-refractivity contribution in [2.45, 2.75) is 6.54 Å². The van der Waals surface area contributed by atoms with E-state index in [2.05, 4.69) is 20.3 Å². The van der Waals surface area contributed by atoms with Crippen LogP contribution in [0.2, 0.25) is 4.34 Å². The van der Waals surface area contributed by atoms with Gasteiger partial charge in [-0.2, -0.15) is 0 Å². The molecule has 4 rings (SSSR count). The molecule has 0 atom stereocenters. The highest BCUT2D eigenvalue weighted by Gasteiger charge is 2.06. The van der Waals surface area contributed by atoms with E-state index in [9.17, 15) is 0 Å². The second-order valence-electron chi connectivity index (χ2n) is 5.25. The van der Waals surface area contributed by atoms with E-state index in [4.69, 9.17) is 11.6 Å². The number of pyridine rings is 2. The van der Waals surface area contributed by atoms with Crippen molar-refractivity contribution >= 4 is 40.1 Å². The maximum absolute atomic E-state index is 5.98. The number of aromatic nitrogens is 3. The molecule has 0 unspecified atom stereocenters. The summed E-state index contributed by atoms with van der Waals surface area (Å²) in [6.07, 6.45) is 3.63. The minimum atomic E-state index is 0.626. The molecule has 0 fully saturated rings. The smallest absolute Gasteiger partial charge is 0.142 e. The van der Waals surface area contributed by atoms with Gasteiger partial charge in [0.05, 0.1) is 22.3 Å². The first kappa shape index (κ1) is 16.2. The monoisotopic (exact) mass is 384 g/mol. The molecule has 4 heterocycles. The average molecular weight is 385 g/mol. The van der Waals surface area contributed by atoms with Gasteiger partial charge in [0, 0.05) is 28.2 Å². The summed E-state index contributed by atoms with van der Waals surface area (Å²) in [7, 11) is 0. The minimum absolute atomic E-state index is 0.626. The Balaban J connectivity index is 1.41. The number of nitrogens with zero attached hydrogens (tertiary/aromatic N) is 3. The maximum Gasteiger partial charge on any atom is 0.142 e. The number of hydrogen-bond acceptors (Lipinski definition) is 6. The standard InChI is InChI=1S/C18H13ClN4S2/c19-16-6-5-15(25-16)12-4-7-17(21-9-12)22-10-13-11-24-18(23-13)14-3-1-2-8-20-14/h1-9,11H,10H2,(H,21,22). The molecule has 0 aliphatic heterocycles. The molecule has 4 aromatic rings. The van der Waals surface area contributed by atoms with Gasteiger partial charge in [0.1, 0.15) is 10.8 Å². The van der Waals surface area contributed by atoms with Gasteiger partial charge in [0.25, 0.3) is 0 Å². The second-order valence-corrected chi connectivity index (χ2v) is 7.82. The third-order valence-electron chi connectivity index (χ3n) is 3.51. The van der Waals surface area contributed by atoms with Crippen LogP contribution < -0.4 is 5.32 Å². The molecule has 0 saturated heterocycles. The van der Waals surface area contributed by atoms with E-state index in [0.29, 0.717) is 6.54 Å². The predicted octanol–water partition coefficient (Wildman–Crippen LogP) is 5.59. The van der Waals surface area contributed by atoms with Crippen molar-refractivity contribution in [1.29, 1.82) is 0 Å². The van der Waals surface area contributed by atoms with Gasteiger partial charge in [0.2, 0.25) is 0 Å². The van der Waals surface area contributed by atoms with Crippen LogP contribution in [-0.4, -0.2) is 15.0 Å². The van der Waals surface area contributed by atoms with Crippen molar-refractivity contribution in [3.63, 3.8) is 0 Å². The van der Waals surface area contributed by atoms with Gasteiger partial charge in [-0.1, -0.05) is 17.7 Å². The fourth-order valence-corrected chi connectivity index (χ4v) is 4.12. The highest BCUT2D eigenvalue weighted by Crippen LogP contribution is 2.30. The number of halogens is 1. The molecule has 0 amide bonds. The van der Waals surface area contributed by atoms with Gasteiger partial charge in [-0.05, 0) is 36.4 Å². The summed E-state index contributed by atoms with van der Waals surface area (Å²) >= 11 is 9.12. The van der Waals surface area contributed by atoms with Crippen molar-refractivity contribution in [3.8, 4) is 21.1 Å². The maximum atomic E-state index is 5.98. The molecule has 4 aromatic heterocycles. The van der Waals surface area contributed by atoms with Crippen LogP contribution in [0, 0.1) is 0 Å². The second kappa shape index (κ2) is 7.31. The molecule has 25 heavy (non-hydrogen) atoms. The van der Waals surface area contributed by atoms with Crippen molar-refractivity contribution in [2.24, 2.45) is 0 Å². The minimum Gasteiger partial charge on any atom is -0.364 e. The van der Waals surface area contributed by atoms with Crippen LogP contribution in [0.4, 0.5) is 5.82 Å². The molecule has 0 spiro atoms. The van der Waals surface area contributed by atoms with Crippen molar-refractivity contribution in [2.75, 3.05) is 5.32 Å². The Morgan fingerprint density at radius 3 is 2.72 bits per heavy atom. The number of rotatable bonds is 5. The zero-order chi connectivity index (χ0) is 17.1. The third kappa shape index (κ3) is 3.87. The highest BCUT2D eigenvalue weighted by molar-refractivity contribution is 7.19. The van der Waals surface area contributed by atoms with E-state index in [1.165, 1.54) is 0 Å². The Kier molecular flexibility index (Phi) is 4.74.